The van der Waals surface area contributed by atoms with Crippen molar-refractivity contribution in [3.05, 3.63) is 16.4 Å². The summed E-state index contributed by atoms with van der Waals surface area (Å²) < 4.78 is 5.07. The van der Waals surface area contributed by atoms with E-state index in [2.05, 4.69) is 35.6 Å². The molecule has 0 spiro atoms. The molecule has 10 heteroatoms. The number of nitro groups is 1. The summed E-state index contributed by atoms with van der Waals surface area (Å²) in [4.78, 5) is 38.2. The number of piperazine rings is 1. The molecule has 0 radical (unpaired) electrons. The second-order valence-electron chi connectivity index (χ2n) is 10.1. The van der Waals surface area contributed by atoms with Gasteiger partial charge >= 0.3 is 11.8 Å². The van der Waals surface area contributed by atoms with Gasteiger partial charge in [0, 0.05) is 38.8 Å². The van der Waals surface area contributed by atoms with Crippen LogP contribution in [0.25, 0.3) is 0 Å². The summed E-state index contributed by atoms with van der Waals surface area (Å²) in [5, 5.41) is 12.2. The largest absolute Gasteiger partial charge is 0.450 e. The number of carbonyl (C=O) groups excluding carboxylic acids is 1. The number of hydrogen-bond acceptors (Lipinski definition) is 8. The van der Waals surface area contributed by atoms with E-state index in [9.17, 15) is 14.9 Å². The van der Waals surface area contributed by atoms with Crippen molar-refractivity contribution in [2.75, 3.05) is 49.1 Å². The van der Waals surface area contributed by atoms with E-state index in [4.69, 9.17) is 4.74 Å². The Balaban J connectivity index is 1.60. The minimum Gasteiger partial charge on any atom is -0.450 e. The number of nitrogens with zero attached hydrogens (tertiary/aromatic N) is 6. The second kappa shape index (κ2) is 7.80. The van der Waals surface area contributed by atoms with E-state index in [1.807, 2.05) is 4.90 Å². The van der Waals surface area contributed by atoms with Crippen molar-refractivity contribution in [3.63, 3.8) is 0 Å². The maximum atomic E-state index is 12.2. The molecule has 3 aliphatic rings. The number of anilines is 2. The SMILES string of the molecule is CCOC(=O)N1CCN(c2ncnc(N3CC4(C)CC3CC(C)(C)C4)c2[N+](=O)[O-])CC1. The van der Waals surface area contributed by atoms with Crippen molar-refractivity contribution in [1.29, 1.82) is 0 Å². The van der Waals surface area contributed by atoms with Crippen LogP contribution in [0.2, 0.25) is 0 Å². The molecule has 10 nitrogen and oxygen atoms in total. The van der Waals surface area contributed by atoms with Gasteiger partial charge < -0.3 is 19.4 Å². The molecule has 0 aromatic carbocycles. The van der Waals surface area contributed by atoms with Gasteiger partial charge in [-0.1, -0.05) is 20.8 Å². The Morgan fingerprint density at radius 2 is 1.87 bits per heavy atom. The van der Waals surface area contributed by atoms with Gasteiger partial charge in [-0.05, 0) is 37.0 Å². The highest BCUT2D eigenvalue weighted by atomic mass is 16.6. The third kappa shape index (κ3) is 4.12. The lowest BCUT2D eigenvalue weighted by molar-refractivity contribution is -0.383. The summed E-state index contributed by atoms with van der Waals surface area (Å²) in [6.45, 7) is 11.5. The van der Waals surface area contributed by atoms with Crippen molar-refractivity contribution in [1.82, 2.24) is 14.9 Å². The molecule has 2 saturated heterocycles. The fourth-order valence-electron chi connectivity index (χ4n) is 5.99. The van der Waals surface area contributed by atoms with Crippen LogP contribution in [-0.4, -0.2) is 71.3 Å². The van der Waals surface area contributed by atoms with E-state index in [-0.39, 0.29) is 33.6 Å². The molecule has 1 aromatic heterocycles. The van der Waals surface area contributed by atoms with Gasteiger partial charge in [0.15, 0.2) is 0 Å². The standard InChI is InChI=1S/C21H32N6O4/c1-5-31-19(28)25-8-6-24(7-9-25)17-16(27(29)30)18(23-14-22-17)26-13-21(4)11-15(26)10-20(2,3)12-21/h14-15H,5-13H2,1-4H3. The fourth-order valence-corrected chi connectivity index (χ4v) is 5.99. The Morgan fingerprint density at radius 1 is 1.19 bits per heavy atom. The lowest BCUT2D eigenvalue weighted by Crippen LogP contribution is -2.49. The predicted molar refractivity (Wildman–Crippen MR) is 116 cm³/mol. The van der Waals surface area contributed by atoms with Crippen LogP contribution in [0.15, 0.2) is 6.33 Å². The quantitative estimate of drug-likeness (QED) is 0.528. The first-order valence-electron chi connectivity index (χ1n) is 11.1. The molecular weight excluding hydrogens is 400 g/mol. The lowest BCUT2D eigenvalue weighted by atomic mass is 9.65. The summed E-state index contributed by atoms with van der Waals surface area (Å²) in [5.41, 5.74) is 0.318. The summed E-state index contributed by atoms with van der Waals surface area (Å²) in [5.74, 6) is 0.763. The van der Waals surface area contributed by atoms with Crippen LogP contribution in [0.4, 0.5) is 22.1 Å². The summed E-state index contributed by atoms with van der Waals surface area (Å²) in [6, 6.07) is 0.246. The minimum atomic E-state index is -0.349. The molecule has 2 bridgehead atoms. The monoisotopic (exact) mass is 432 g/mol. The molecule has 3 fully saturated rings. The van der Waals surface area contributed by atoms with Crippen molar-refractivity contribution < 1.29 is 14.5 Å². The summed E-state index contributed by atoms with van der Waals surface area (Å²) in [7, 11) is 0. The highest BCUT2D eigenvalue weighted by molar-refractivity contribution is 5.73. The molecule has 2 unspecified atom stereocenters. The molecule has 31 heavy (non-hydrogen) atoms. The molecular formula is C21H32N6O4. The van der Waals surface area contributed by atoms with Crippen LogP contribution in [0.3, 0.4) is 0 Å². The second-order valence-corrected chi connectivity index (χ2v) is 10.1. The van der Waals surface area contributed by atoms with Gasteiger partial charge in [-0.15, -0.1) is 0 Å². The van der Waals surface area contributed by atoms with E-state index < -0.39 is 0 Å². The van der Waals surface area contributed by atoms with Gasteiger partial charge in [0.1, 0.15) is 6.33 Å². The molecule has 2 atom stereocenters. The van der Waals surface area contributed by atoms with Crippen LogP contribution in [0.1, 0.15) is 47.0 Å². The van der Waals surface area contributed by atoms with Crippen LogP contribution in [0.5, 0.6) is 0 Å². The number of carbonyl (C=O) groups is 1. The third-order valence-corrected chi connectivity index (χ3v) is 6.76. The van der Waals surface area contributed by atoms with Crippen molar-refractivity contribution in [2.24, 2.45) is 10.8 Å². The fraction of sp³-hybridized carbons (Fsp3) is 0.762. The number of hydrogen-bond donors (Lipinski definition) is 0. The average molecular weight is 433 g/mol. The first-order valence-corrected chi connectivity index (χ1v) is 11.1. The lowest BCUT2D eigenvalue weighted by Gasteiger charge is -2.39. The van der Waals surface area contributed by atoms with Gasteiger partial charge in [0.25, 0.3) is 0 Å². The van der Waals surface area contributed by atoms with E-state index >= 15 is 0 Å². The van der Waals surface area contributed by atoms with E-state index in [1.165, 1.54) is 6.33 Å². The van der Waals surface area contributed by atoms with Crippen LogP contribution < -0.4 is 9.80 Å². The molecule has 4 rings (SSSR count). The molecule has 0 N–H and O–H groups in total. The summed E-state index contributed by atoms with van der Waals surface area (Å²) >= 11 is 0. The topological polar surface area (TPSA) is 105 Å². The first kappa shape index (κ1) is 21.6. The van der Waals surface area contributed by atoms with Gasteiger partial charge in [-0.2, -0.15) is 0 Å². The molecule has 3 heterocycles. The van der Waals surface area contributed by atoms with Crippen molar-refractivity contribution in [2.45, 2.75) is 53.0 Å². The molecule has 1 saturated carbocycles. The number of aromatic nitrogens is 2. The first-order chi connectivity index (χ1) is 14.6. The van der Waals surface area contributed by atoms with Gasteiger partial charge in [-0.3, -0.25) is 10.1 Å². The average Bonchev–Trinajstić information content (AvgIpc) is 2.96. The van der Waals surface area contributed by atoms with E-state index in [0.29, 0.717) is 44.4 Å². The van der Waals surface area contributed by atoms with Gasteiger partial charge in [-0.25, -0.2) is 14.8 Å². The van der Waals surface area contributed by atoms with Crippen LogP contribution >= 0.6 is 0 Å². The zero-order chi connectivity index (χ0) is 22.4. The zero-order valence-electron chi connectivity index (χ0n) is 18.8. The highest BCUT2D eigenvalue weighted by Crippen LogP contribution is 2.54. The number of ether oxygens (including phenoxy) is 1. The van der Waals surface area contributed by atoms with Gasteiger partial charge in [0.2, 0.25) is 11.6 Å². The Morgan fingerprint density at radius 3 is 2.52 bits per heavy atom. The minimum absolute atomic E-state index is 0.0268. The molecule has 1 aliphatic carbocycles. The normalized spacial score (nSPS) is 27.4. The van der Waals surface area contributed by atoms with Gasteiger partial charge in [0.05, 0.1) is 11.5 Å². The van der Waals surface area contributed by atoms with E-state index in [0.717, 1.165) is 25.8 Å². The molecule has 170 valence electrons. The van der Waals surface area contributed by atoms with Crippen molar-refractivity contribution in [3.8, 4) is 0 Å². The predicted octanol–water partition coefficient (Wildman–Crippen LogP) is 3.07. The van der Waals surface area contributed by atoms with Crippen molar-refractivity contribution >= 4 is 23.4 Å². The number of fused-ring (bicyclic) bond motifs is 2. The number of amides is 1. The maximum Gasteiger partial charge on any atom is 0.409 e. The summed E-state index contributed by atoms with van der Waals surface area (Å²) in [6.07, 6.45) is 4.22. The van der Waals surface area contributed by atoms with Crippen LogP contribution in [0, 0.1) is 20.9 Å². The molecule has 1 amide bonds. The third-order valence-electron chi connectivity index (χ3n) is 6.76. The Kier molecular flexibility index (Phi) is 5.43. The molecule has 1 aromatic rings. The Bertz CT molecular complexity index is 869. The smallest absolute Gasteiger partial charge is 0.409 e. The highest BCUT2D eigenvalue weighted by Gasteiger charge is 2.51. The zero-order valence-corrected chi connectivity index (χ0v) is 18.8. The number of rotatable bonds is 4. The Labute approximate surface area is 182 Å². The Hall–Kier alpha value is -2.65. The van der Waals surface area contributed by atoms with Crippen LogP contribution in [-0.2, 0) is 4.74 Å². The molecule has 2 aliphatic heterocycles. The van der Waals surface area contributed by atoms with E-state index in [1.54, 1.807) is 11.8 Å². The maximum absolute atomic E-state index is 12.2.